The Kier molecular flexibility index (Phi) is 14.2. The highest BCUT2D eigenvalue weighted by Crippen LogP contribution is 2.31. The summed E-state index contributed by atoms with van der Waals surface area (Å²) in [6, 6.07) is 2.30. The van der Waals surface area contributed by atoms with Gasteiger partial charge in [0.15, 0.2) is 11.6 Å². The van der Waals surface area contributed by atoms with Gasteiger partial charge >= 0.3 is 0 Å². The third kappa shape index (κ3) is 9.10. The van der Waals surface area contributed by atoms with Crippen LogP contribution in [0.3, 0.4) is 0 Å². The van der Waals surface area contributed by atoms with Gasteiger partial charge in [-0.15, -0.1) is 0 Å². The molecule has 1 aromatic rings. The summed E-state index contributed by atoms with van der Waals surface area (Å²) in [4.78, 5) is 40.2. The van der Waals surface area contributed by atoms with Crippen LogP contribution in [0.15, 0.2) is 18.2 Å². The molecule has 0 saturated carbocycles. The number of likely N-dealkylation sites (N-methyl/N-ethyl adjacent to an activating group) is 1. The molecule has 0 amide bonds. The number of aliphatic hydroxyl groups is 3. The molecule has 0 radical (unpaired) electrons. The predicted octanol–water partition coefficient (Wildman–Crippen LogP) is 2.14. The van der Waals surface area contributed by atoms with Crippen LogP contribution in [0.5, 0.6) is 0 Å². The Labute approximate surface area is 244 Å². The standard InChI is InChI=1S/C30H52N4O7/c1-9-17(3)27(32)29(39)30(7,33(8)19(5)28(38)24(20(6)36)16-23(31)10-2)26(37)15-21-11-12-25(34(40)41)22(14-21)13-18(4)35/h11-12,14,17-20,23-24,26-27,35-37H,9-10,13,15-16,31-32H2,1-8H3/t17-,18?,19-,20?,23?,24?,26?,27-,30?/m0/s1. The Morgan fingerprint density at radius 1 is 1.05 bits per heavy atom. The minimum absolute atomic E-state index is 0.0431. The van der Waals surface area contributed by atoms with E-state index in [0.29, 0.717) is 24.0 Å². The summed E-state index contributed by atoms with van der Waals surface area (Å²) in [5.41, 5.74) is 11.6. The highest BCUT2D eigenvalue weighted by Gasteiger charge is 2.50. The molecule has 0 bridgehead atoms. The van der Waals surface area contributed by atoms with E-state index in [1.54, 1.807) is 27.0 Å². The van der Waals surface area contributed by atoms with Crippen LogP contribution < -0.4 is 11.5 Å². The van der Waals surface area contributed by atoms with Crippen molar-refractivity contribution in [1.82, 2.24) is 4.90 Å². The summed E-state index contributed by atoms with van der Waals surface area (Å²) in [5, 5.41) is 43.5. The number of carbonyl (C=O) groups is 2. The van der Waals surface area contributed by atoms with Gasteiger partial charge in [-0.3, -0.25) is 24.6 Å². The third-order valence-electron chi connectivity index (χ3n) is 8.75. The Morgan fingerprint density at radius 2 is 1.63 bits per heavy atom. The number of hydrogen-bond donors (Lipinski definition) is 5. The molecule has 234 valence electrons. The van der Waals surface area contributed by atoms with E-state index >= 15 is 0 Å². The molecule has 0 aliphatic rings. The number of nitrogens with two attached hydrogens (primary N) is 2. The van der Waals surface area contributed by atoms with Crippen molar-refractivity contribution < 1.29 is 29.8 Å². The number of benzene rings is 1. The predicted molar refractivity (Wildman–Crippen MR) is 159 cm³/mol. The average molecular weight is 581 g/mol. The van der Waals surface area contributed by atoms with Gasteiger partial charge in [0.2, 0.25) is 0 Å². The molecule has 41 heavy (non-hydrogen) atoms. The van der Waals surface area contributed by atoms with Crippen molar-refractivity contribution >= 4 is 17.3 Å². The fraction of sp³-hybridized carbons (Fsp3) is 0.733. The fourth-order valence-corrected chi connectivity index (χ4v) is 5.22. The summed E-state index contributed by atoms with van der Waals surface area (Å²) >= 11 is 0. The van der Waals surface area contributed by atoms with Gasteiger partial charge in [-0.25, -0.2) is 0 Å². The van der Waals surface area contributed by atoms with Crippen molar-refractivity contribution in [3.8, 4) is 0 Å². The minimum atomic E-state index is -1.62. The molecule has 0 aliphatic heterocycles. The largest absolute Gasteiger partial charge is 0.393 e. The van der Waals surface area contributed by atoms with E-state index in [1.165, 1.54) is 30.9 Å². The van der Waals surface area contributed by atoms with Crippen LogP contribution in [0.1, 0.15) is 78.9 Å². The van der Waals surface area contributed by atoms with Gasteiger partial charge in [0.25, 0.3) is 5.69 Å². The lowest BCUT2D eigenvalue weighted by Gasteiger charge is -2.46. The van der Waals surface area contributed by atoms with Crippen LogP contribution in [-0.4, -0.2) is 85.7 Å². The molecule has 11 heteroatoms. The third-order valence-corrected chi connectivity index (χ3v) is 8.75. The second-order valence-corrected chi connectivity index (χ2v) is 11.9. The van der Waals surface area contributed by atoms with E-state index < -0.39 is 52.6 Å². The maximum absolute atomic E-state index is 14.0. The number of nitrogens with zero attached hydrogens (tertiary/aromatic N) is 2. The lowest BCUT2D eigenvalue weighted by molar-refractivity contribution is -0.385. The maximum Gasteiger partial charge on any atom is 0.272 e. The van der Waals surface area contributed by atoms with Crippen molar-refractivity contribution in [2.24, 2.45) is 23.3 Å². The Bertz CT molecular complexity index is 1030. The van der Waals surface area contributed by atoms with E-state index in [2.05, 4.69) is 0 Å². The summed E-state index contributed by atoms with van der Waals surface area (Å²) in [6.07, 6.45) is -1.62. The zero-order valence-electron chi connectivity index (χ0n) is 25.9. The monoisotopic (exact) mass is 580 g/mol. The number of Topliss-reactive ketones (excluding diaryl/α,β-unsaturated/α-hetero) is 2. The minimum Gasteiger partial charge on any atom is -0.393 e. The molecule has 0 saturated heterocycles. The first-order valence-corrected chi connectivity index (χ1v) is 14.6. The Balaban J connectivity index is 3.56. The van der Waals surface area contributed by atoms with Crippen LogP contribution in [0, 0.1) is 22.0 Å². The summed E-state index contributed by atoms with van der Waals surface area (Å²) in [7, 11) is 1.58. The molecule has 7 N–H and O–H groups in total. The lowest BCUT2D eigenvalue weighted by atomic mass is 9.77. The number of nitro benzene ring substituents is 1. The van der Waals surface area contributed by atoms with Gasteiger partial charge in [0.1, 0.15) is 5.54 Å². The average Bonchev–Trinajstić information content (AvgIpc) is 2.91. The van der Waals surface area contributed by atoms with E-state index in [0.717, 1.165) is 0 Å². The smallest absolute Gasteiger partial charge is 0.272 e. The number of hydrogen-bond acceptors (Lipinski definition) is 10. The van der Waals surface area contributed by atoms with Crippen molar-refractivity contribution in [2.75, 3.05) is 7.05 Å². The Hall–Kier alpha value is -2.28. The first-order valence-electron chi connectivity index (χ1n) is 14.6. The van der Waals surface area contributed by atoms with Crippen molar-refractivity contribution in [1.29, 1.82) is 0 Å². The van der Waals surface area contributed by atoms with Gasteiger partial charge in [0, 0.05) is 36.4 Å². The van der Waals surface area contributed by atoms with Crippen molar-refractivity contribution in [2.45, 2.75) is 123 Å². The number of nitro groups is 1. The zero-order chi connectivity index (χ0) is 31.8. The first-order chi connectivity index (χ1) is 18.9. The van der Waals surface area contributed by atoms with E-state index in [-0.39, 0.29) is 42.7 Å². The summed E-state index contributed by atoms with van der Waals surface area (Å²) in [6.45, 7) is 11.9. The normalized spacial score (nSPS) is 19.4. The molecule has 0 heterocycles. The van der Waals surface area contributed by atoms with Gasteiger partial charge in [0.05, 0.1) is 35.3 Å². The fourth-order valence-electron chi connectivity index (χ4n) is 5.22. The second-order valence-electron chi connectivity index (χ2n) is 11.9. The van der Waals surface area contributed by atoms with Crippen LogP contribution in [0.4, 0.5) is 5.69 Å². The number of aliphatic hydroxyl groups excluding tert-OH is 3. The number of rotatable bonds is 18. The molecule has 0 aromatic heterocycles. The van der Waals surface area contributed by atoms with E-state index in [4.69, 9.17) is 11.5 Å². The second kappa shape index (κ2) is 15.8. The molecule has 9 atom stereocenters. The molecule has 0 fully saturated rings. The van der Waals surface area contributed by atoms with Crippen molar-refractivity contribution in [3.05, 3.63) is 39.4 Å². The van der Waals surface area contributed by atoms with Crippen LogP contribution in [0.2, 0.25) is 0 Å². The van der Waals surface area contributed by atoms with Crippen molar-refractivity contribution in [3.63, 3.8) is 0 Å². The van der Waals surface area contributed by atoms with Crippen LogP contribution in [0.25, 0.3) is 0 Å². The maximum atomic E-state index is 14.0. The quantitative estimate of drug-likeness (QED) is 0.127. The van der Waals surface area contributed by atoms with Gasteiger partial charge in [-0.2, -0.15) is 0 Å². The molecule has 0 aliphatic carbocycles. The Morgan fingerprint density at radius 3 is 2.10 bits per heavy atom. The summed E-state index contributed by atoms with van der Waals surface area (Å²) in [5.74, 6) is -1.70. The topological polar surface area (TPSA) is 193 Å². The van der Waals surface area contributed by atoms with Crippen LogP contribution >= 0.6 is 0 Å². The van der Waals surface area contributed by atoms with E-state index in [1.807, 2.05) is 20.8 Å². The summed E-state index contributed by atoms with van der Waals surface area (Å²) < 4.78 is 0. The van der Waals surface area contributed by atoms with E-state index in [9.17, 15) is 35.0 Å². The molecular weight excluding hydrogens is 528 g/mol. The lowest BCUT2D eigenvalue weighted by Crippen LogP contribution is -2.67. The molecule has 6 unspecified atom stereocenters. The molecular formula is C30H52N4O7. The molecule has 11 nitrogen and oxygen atoms in total. The first kappa shape index (κ1) is 36.7. The van der Waals surface area contributed by atoms with Crippen LogP contribution in [-0.2, 0) is 22.4 Å². The van der Waals surface area contributed by atoms with Gasteiger partial charge in [-0.1, -0.05) is 33.3 Å². The number of ketones is 2. The highest BCUT2D eigenvalue weighted by molar-refractivity contribution is 5.95. The number of carbonyl (C=O) groups excluding carboxylic acids is 2. The van der Waals surface area contributed by atoms with Gasteiger partial charge in [-0.05, 0) is 65.1 Å². The molecule has 1 rings (SSSR count). The highest BCUT2D eigenvalue weighted by atomic mass is 16.6. The SMILES string of the molecule is CCC(N)CC(C(=O)[C@H](C)N(C)C(C)(C(=O)[C@@H](N)[C@@H](C)CC)C(O)Cc1ccc([N+](=O)[O-])c(CC(C)O)c1)C(C)O. The molecule has 0 spiro atoms. The zero-order valence-corrected chi connectivity index (χ0v) is 25.9. The van der Waals surface area contributed by atoms with Gasteiger partial charge < -0.3 is 26.8 Å². The molecule has 1 aromatic carbocycles.